The van der Waals surface area contributed by atoms with E-state index in [-0.39, 0.29) is 18.4 Å². The number of amides is 1. The molecule has 1 aromatic rings. The lowest BCUT2D eigenvalue weighted by atomic mass is 10.0. The lowest BCUT2D eigenvalue weighted by Gasteiger charge is -2.22. The SMILES string of the molecule is Cc1ccc(C)c(C(=O)N(CCC(=O)O)C2CC2)c1. The summed E-state index contributed by atoms with van der Waals surface area (Å²) < 4.78 is 0. The van der Waals surface area contributed by atoms with E-state index in [1.807, 2.05) is 32.0 Å². The first-order chi connectivity index (χ1) is 8.99. The quantitative estimate of drug-likeness (QED) is 0.885. The zero-order valence-electron chi connectivity index (χ0n) is 11.3. The average Bonchev–Trinajstić information content (AvgIpc) is 3.16. The van der Waals surface area contributed by atoms with Gasteiger partial charge in [-0.15, -0.1) is 0 Å². The van der Waals surface area contributed by atoms with E-state index in [2.05, 4.69) is 0 Å². The normalized spacial score (nSPS) is 14.2. The summed E-state index contributed by atoms with van der Waals surface area (Å²) in [6, 6.07) is 6.02. The third-order valence-electron chi connectivity index (χ3n) is 3.44. The van der Waals surface area contributed by atoms with Crippen molar-refractivity contribution in [2.45, 2.75) is 39.2 Å². The summed E-state index contributed by atoms with van der Waals surface area (Å²) in [6.45, 7) is 4.16. The zero-order valence-corrected chi connectivity index (χ0v) is 11.3. The van der Waals surface area contributed by atoms with E-state index in [9.17, 15) is 9.59 Å². The van der Waals surface area contributed by atoms with E-state index in [0.717, 1.165) is 24.0 Å². The van der Waals surface area contributed by atoms with Crippen molar-refractivity contribution in [3.8, 4) is 0 Å². The third kappa shape index (κ3) is 3.34. The fourth-order valence-corrected chi connectivity index (χ4v) is 2.17. The fraction of sp³-hybridized carbons (Fsp3) is 0.467. The molecule has 0 aromatic heterocycles. The summed E-state index contributed by atoms with van der Waals surface area (Å²) >= 11 is 0. The Morgan fingerprint density at radius 2 is 2.00 bits per heavy atom. The second-order valence-electron chi connectivity index (χ2n) is 5.19. The average molecular weight is 261 g/mol. The smallest absolute Gasteiger partial charge is 0.305 e. The number of benzene rings is 1. The minimum absolute atomic E-state index is 0.00705. The van der Waals surface area contributed by atoms with Crippen molar-refractivity contribution in [2.24, 2.45) is 0 Å². The highest BCUT2D eigenvalue weighted by Gasteiger charge is 2.33. The summed E-state index contributed by atoms with van der Waals surface area (Å²) in [5.41, 5.74) is 2.68. The number of aliphatic carboxylic acids is 1. The molecule has 0 unspecified atom stereocenters. The number of hydrogen-bond acceptors (Lipinski definition) is 2. The Morgan fingerprint density at radius 1 is 1.32 bits per heavy atom. The minimum atomic E-state index is -0.862. The summed E-state index contributed by atoms with van der Waals surface area (Å²) in [5, 5.41) is 8.78. The molecule has 0 saturated heterocycles. The number of nitrogens with zero attached hydrogens (tertiary/aromatic N) is 1. The minimum Gasteiger partial charge on any atom is -0.481 e. The van der Waals surface area contributed by atoms with Crippen molar-refractivity contribution in [1.29, 1.82) is 0 Å². The van der Waals surface area contributed by atoms with Gasteiger partial charge in [-0.3, -0.25) is 9.59 Å². The van der Waals surface area contributed by atoms with Crippen molar-refractivity contribution in [1.82, 2.24) is 4.90 Å². The van der Waals surface area contributed by atoms with Crippen LogP contribution in [-0.2, 0) is 4.79 Å². The van der Waals surface area contributed by atoms with Crippen molar-refractivity contribution in [3.05, 3.63) is 34.9 Å². The largest absolute Gasteiger partial charge is 0.481 e. The molecule has 1 saturated carbocycles. The maximum Gasteiger partial charge on any atom is 0.305 e. The van der Waals surface area contributed by atoms with Crippen LogP contribution in [0.5, 0.6) is 0 Å². The lowest BCUT2D eigenvalue weighted by Crippen LogP contribution is -2.35. The predicted molar refractivity (Wildman–Crippen MR) is 72.2 cm³/mol. The standard InChI is InChI=1S/C15H19NO3/c1-10-3-4-11(2)13(9-10)15(19)16(12-5-6-12)8-7-14(17)18/h3-4,9,12H,5-8H2,1-2H3,(H,17,18). The van der Waals surface area contributed by atoms with E-state index in [1.54, 1.807) is 4.90 Å². The first kappa shape index (κ1) is 13.6. The number of carboxylic acid groups (broad SMARTS) is 1. The Labute approximate surface area is 113 Å². The van der Waals surface area contributed by atoms with E-state index in [0.29, 0.717) is 12.1 Å². The number of rotatable bonds is 5. The molecule has 0 spiro atoms. The number of carbonyl (C=O) groups excluding carboxylic acids is 1. The topological polar surface area (TPSA) is 57.6 Å². The van der Waals surface area contributed by atoms with Crippen LogP contribution in [-0.4, -0.2) is 34.5 Å². The van der Waals surface area contributed by atoms with Crippen molar-refractivity contribution < 1.29 is 14.7 Å². The Bertz CT molecular complexity index is 506. The molecule has 0 radical (unpaired) electrons. The van der Waals surface area contributed by atoms with Crippen molar-refractivity contribution >= 4 is 11.9 Å². The van der Waals surface area contributed by atoms with Crippen LogP contribution in [0.3, 0.4) is 0 Å². The highest BCUT2D eigenvalue weighted by Crippen LogP contribution is 2.29. The molecule has 4 heteroatoms. The van der Waals surface area contributed by atoms with Gasteiger partial charge in [0.05, 0.1) is 6.42 Å². The van der Waals surface area contributed by atoms with E-state index in [4.69, 9.17) is 5.11 Å². The highest BCUT2D eigenvalue weighted by molar-refractivity contribution is 5.96. The molecule has 1 aromatic carbocycles. The van der Waals surface area contributed by atoms with Gasteiger partial charge in [-0.25, -0.2) is 0 Å². The van der Waals surface area contributed by atoms with Gasteiger partial charge < -0.3 is 10.0 Å². The second-order valence-corrected chi connectivity index (χ2v) is 5.19. The Kier molecular flexibility index (Phi) is 3.88. The maximum atomic E-state index is 12.5. The molecule has 4 nitrogen and oxygen atoms in total. The molecule has 0 aliphatic heterocycles. The van der Waals surface area contributed by atoms with Crippen LogP contribution < -0.4 is 0 Å². The Balaban J connectivity index is 2.18. The number of carbonyl (C=O) groups is 2. The Hall–Kier alpha value is -1.84. The molecule has 1 amide bonds. The van der Waals surface area contributed by atoms with Gasteiger partial charge in [-0.2, -0.15) is 0 Å². The van der Waals surface area contributed by atoms with Crippen LogP contribution in [0.1, 0.15) is 40.7 Å². The van der Waals surface area contributed by atoms with Gasteiger partial charge in [0.1, 0.15) is 0 Å². The fourth-order valence-electron chi connectivity index (χ4n) is 2.17. The first-order valence-corrected chi connectivity index (χ1v) is 6.59. The second kappa shape index (κ2) is 5.43. The third-order valence-corrected chi connectivity index (χ3v) is 3.44. The summed E-state index contributed by atoms with van der Waals surface area (Å²) in [6.07, 6.45) is 1.97. The molecule has 19 heavy (non-hydrogen) atoms. The van der Waals surface area contributed by atoms with Crippen LogP contribution in [0.25, 0.3) is 0 Å². The molecule has 0 atom stereocenters. The number of hydrogen-bond donors (Lipinski definition) is 1. The van der Waals surface area contributed by atoms with E-state index < -0.39 is 5.97 Å². The van der Waals surface area contributed by atoms with Crippen LogP contribution in [0.4, 0.5) is 0 Å². The summed E-state index contributed by atoms with van der Waals surface area (Å²) in [7, 11) is 0. The number of carboxylic acids is 1. The zero-order chi connectivity index (χ0) is 14.0. The number of aryl methyl sites for hydroxylation is 2. The van der Waals surface area contributed by atoms with Crippen LogP contribution in [0, 0.1) is 13.8 Å². The Morgan fingerprint density at radius 3 is 2.58 bits per heavy atom. The van der Waals surface area contributed by atoms with E-state index in [1.165, 1.54) is 0 Å². The van der Waals surface area contributed by atoms with Gasteiger partial charge in [0.25, 0.3) is 5.91 Å². The first-order valence-electron chi connectivity index (χ1n) is 6.59. The lowest BCUT2D eigenvalue weighted by molar-refractivity contribution is -0.137. The van der Waals surface area contributed by atoms with Crippen LogP contribution in [0.15, 0.2) is 18.2 Å². The van der Waals surface area contributed by atoms with Gasteiger partial charge >= 0.3 is 5.97 Å². The summed E-state index contributed by atoms with van der Waals surface area (Å²) in [5.74, 6) is -0.899. The van der Waals surface area contributed by atoms with Gasteiger partial charge in [0.2, 0.25) is 0 Å². The van der Waals surface area contributed by atoms with Crippen molar-refractivity contribution in [2.75, 3.05) is 6.54 Å². The molecule has 2 rings (SSSR count). The van der Waals surface area contributed by atoms with Gasteiger partial charge in [-0.1, -0.05) is 17.7 Å². The molecule has 0 heterocycles. The molecule has 1 N–H and O–H groups in total. The highest BCUT2D eigenvalue weighted by atomic mass is 16.4. The molecule has 102 valence electrons. The molecular weight excluding hydrogens is 242 g/mol. The van der Waals surface area contributed by atoms with E-state index >= 15 is 0 Å². The van der Waals surface area contributed by atoms with Crippen LogP contribution >= 0.6 is 0 Å². The molecule has 1 fully saturated rings. The van der Waals surface area contributed by atoms with Crippen molar-refractivity contribution in [3.63, 3.8) is 0 Å². The van der Waals surface area contributed by atoms with Gasteiger partial charge in [0.15, 0.2) is 0 Å². The van der Waals surface area contributed by atoms with Crippen LogP contribution in [0.2, 0.25) is 0 Å². The predicted octanol–water partition coefficient (Wildman–Crippen LogP) is 2.38. The van der Waals surface area contributed by atoms with Gasteiger partial charge in [-0.05, 0) is 38.3 Å². The molecule has 1 aliphatic rings. The summed E-state index contributed by atoms with van der Waals surface area (Å²) in [4.78, 5) is 25.0. The maximum absolute atomic E-state index is 12.5. The monoisotopic (exact) mass is 261 g/mol. The molecular formula is C15H19NO3. The van der Waals surface area contributed by atoms with Gasteiger partial charge in [0, 0.05) is 18.2 Å². The molecule has 0 bridgehead atoms. The molecule has 1 aliphatic carbocycles.